The summed E-state index contributed by atoms with van der Waals surface area (Å²) in [6.45, 7) is 1.14. The van der Waals surface area contributed by atoms with E-state index in [9.17, 15) is 47.4 Å². The van der Waals surface area contributed by atoms with Gasteiger partial charge in [-0.3, -0.25) is 43.8 Å². The van der Waals surface area contributed by atoms with E-state index in [1.165, 1.54) is 11.0 Å². The Hall–Kier alpha value is -6.57. The lowest BCUT2D eigenvalue weighted by Gasteiger charge is -2.27. The summed E-state index contributed by atoms with van der Waals surface area (Å²) in [7, 11) is 0. The lowest BCUT2D eigenvalue weighted by atomic mass is 10.0. The molecule has 0 bridgehead atoms. The summed E-state index contributed by atoms with van der Waals surface area (Å²) in [6.07, 6.45) is -0.119. The lowest BCUT2D eigenvalue weighted by Crippen LogP contribution is -2.54. The van der Waals surface area contributed by atoms with E-state index in [0.29, 0.717) is 34.9 Å². The second kappa shape index (κ2) is 17.1. The van der Waals surface area contributed by atoms with Gasteiger partial charge >= 0.3 is 0 Å². The molecular formula is C40H51F2N7O10. The molecule has 59 heavy (non-hydrogen) atoms. The number of aromatic amines is 1. The molecule has 320 valence electrons. The Kier molecular flexibility index (Phi) is 11.8. The summed E-state index contributed by atoms with van der Waals surface area (Å²) < 4.78 is 38.2. The van der Waals surface area contributed by atoms with Gasteiger partial charge in [-0.1, -0.05) is 6.07 Å². The van der Waals surface area contributed by atoms with E-state index in [-0.39, 0.29) is 96.3 Å². The van der Waals surface area contributed by atoms with Gasteiger partial charge in [-0.25, -0.2) is 8.78 Å². The number of H-pyrrole nitrogens is 1. The number of hydrogen-bond donors (Lipinski definition) is 6. The Labute approximate surface area is 343 Å². The number of halogens is 2. The number of amides is 7. The van der Waals surface area contributed by atoms with Gasteiger partial charge in [-0.15, -0.1) is 0 Å². The molecule has 7 amide bonds. The Morgan fingerprint density at radius 2 is 1.64 bits per heavy atom. The third-order valence-corrected chi connectivity index (χ3v) is 10.1. The highest BCUT2D eigenvalue weighted by Gasteiger charge is 2.52. The smallest absolute Gasteiger partial charge is 0.268 e. The lowest BCUT2D eigenvalue weighted by molar-refractivity contribution is -0.149. The van der Waals surface area contributed by atoms with Crippen molar-refractivity contribution in [2.24, 2.45) is 0 Å². The number of rotatable bonds is 16. The van der Waals surface area contributed by atoms with Crippen LogP contribution in [0.5, 0.6) is 0 Å². The highest BCUT2D eigenvalue weighted by molar-refractivity contribution is 6.25. The molecule has 3 aliphatic heterocycles. The molecule has 3 aliphatic rings. The van der Waals surface area contributed by atoms with Crippen LogP contribution < -0.4 is 26.2 Å². The SMILES string of the molecule is O=C1CCC(N2C(=O)c3cccc(NCCOCCOCCNC(=O)c4cc5cc(N6CCC(O)(C(=O)NCc7cc(F)cc(F)c7)C6=O)ccc5[nH]4)c3C2=O)C(=O)N1.[HH].[HH].[HH].[HH].[HH].[HH]. The summed E-state index contributed by atoms with van der Waals surface area (Å²) in [6, 6.07) is 13.0. The number of nitrogens with zero attached hydrogens (tertiary/aromatic N) is 2. The van der Waals surface area contributed by atoms with Gasteiger partial charge in [0.25, 0.3) is 29.5 Å². The van der Waals surface area contributed by atoms with Gasteiger partial charge in [0.05, 0.1) is 37.6 Å². The molecular weight excluding hydrogens is 776 g/mol. The summed E-state index contributed by atoms with van der Waals surface area (Å²) >= 11 is 0. The Morgan fingerprint density at radius 3 is 2.39 bits per heavy atom. The molecule has 0 aliphatic carbocycles. The van der Waals surface area contributed by atoms with Crippen molar-refractivity contribution in [2.75, 3.05) is 56.3 Å². The van der Waals surface area contributed by atoms with E-state index >= 15 is 0 Å². The molecule has 2 saturated heterocycles. The van der Waals surface area contributed by atoms with Gasteiger partial charge in [0, 0.05) is 75.9 Å². The van der Waals surface area contributed by atoms with E-state index in [1.807, 2.05) is 0 Å². The maximum Gasteiger partial charge on any atom is 0.268 e. The van der Waals surface area contributed by atoms with Gasteiger partial charge < -0.3 is 40.4 Å². The highest BCUT2D eigenvalue weighted by Crippen LogP contribution is 2.33. The molecule has 2 atom stereocenters. The summed E-state index contributed by atoms with van der Waals surface area (Å²) in [5, 5.41) is 22.0. The van der Waals surface area contributed by atoms with Gasteiger partial charge in [0.15, 0.2) is 0 Å². The normalized spacial score (nSPS) is 19.0. The molecule has 4 heterocycles. The number of aromatic nitrogens is 1. The molecule has 17 nitrogen and oxygen atoms in total. The summed E-state index contributed by atoms with van der Waals surface area (Å²) in [5.41, 5.74) is -0.260. The molecule has 2 unspecified atom stereocenters. The van der Waals surface area contributed by atoms with Crippen molar-refractivity contribution in [1.29, 1.82) is 0 Å². The minimum absolute atomic E-state index is 0. The zero-order valence-electron chi connectivity index (χ0n) is 31.4. The maximum atomic E-state index is 13.5. The van der Waals surface area contributed by atoms with E-state index in [1.54, 1.807) is 36.4 Å². The molecule has 6 N–H and O–H groups in total. The number of carbonyl (C=O) groups excluding carboxylic acids is 7. The van der Waals surface area contributed by atoms with E-state index in [2.05, 4.69) is 26.3 Å². The Bertz CT molecular complexity index is 2380. The number of anilines is 2. The standard InChI is InChI=1S/C40H39F2N7O10.6H2/c41-24-16-22(17-25(42)20-24)21-45-38(55)40(57)8-11-48(39(40)56)26-4-5-28-23(18-26)19-30(46-28)34(51)44-10-13-59-15-14-58-12-9-43-29-3-1-2-27-33(29)37(54)49(36(27)53)31-6-7-32(50)47-35(31)52;;;;;;/h1-5,16-20,31,43,46,57H,6-15,21H2,(H,44,51)(H,45,55)(H,47,50,52);6*1H. The fourth-order valence-electron chi connectivity index (χ4n) is 7.19. The Balaban J connectivity index is 0.00000352. The zero-order chi connectivity index (χ0) is 41.8. The number of hydrogen-bond acceptors (Lipinski definition) is 11. The van der Waals surface area contributed by atoms with Crippen LogP contribution in [0.3, 0.4) is 0 Å². The summed E-state index contributed by atoms with van der Waals surface area (Å²) in [4.78, 5) is 94.2. The van der Waals surface area contributed by atoms with E-state index in [0.717, 1.165) is 17.0 Å². The quantitative estimate of drug-likeness (QED) is 0.0547. The third kappa shape index (κ3) is 8.52. The molecule has 19 heteroatoms. The topological polar surface area (TPSA) is 229 Å². The molecule has 1 aromatic heterocycles. The number of imide groups is 2. The van der Waals surface area contributed by atoms with Crippen LogP contribution in [0.15, 0.2) is 60.7 Å². The highest BCUT2D eigenvalue weighted by atomic mass is 19.1. The number of ether oxygens (including phenoxy) is 2. The number of aliphatic hydroxyl groups is 1. The van der Waals surface area contributed by atoms with Gasteiger partial charge in [-0.2, -0.15) is 0 Å². The molecule has 3 aromatic carbocycles. The molecule has 4 aromatic rings. The minimum atomic E-state index is -2.38. The van der Waals surface area contributed by atoms with Crippen LogP contribution in [0.4, 0.5) is 20.2 Å². The predicted molar refractivity (Wildman–Crippen MR) is 217 cm³/mol. The van der Waals surface area contributed by atoms with Gasteiger partial charge in [0.1, 0.15) is 23.4 Å². The second-order valence-electron chi connectivity index (χ2n) is 14.1. The third-order valence-electron chi connectivity index (χ3n) is 10.1. The van der Waals surface area contributed by atoms with E-state index in [4.69, 9.17) is 9.47 Å². The number of piperidine rings is 1. The minimum Gasteiger partial charge on any atom is -0.382 e. The fraction of sp³-hybridized carbons (Fsp3) is 0.325. The van der Waals surface area contributed by atoms with Gasteiger partial charge in [0.2, 0.25) is 17.4 Å². The molecule has 2 fully saturated rings. The van der Waals surface area contributed by atoms with Crippen molar-refractivity contribution in [2.45, 2.75) is 37.5 Å². The van der Waals surface area contributed by atoms with Crippen LogP contribution in [0.2, 0.25) is 0 Å². The van der Waals surface area contributed by atoms with Crippen molar-refractivity contribution < 1.29 is 65.5 Å². The largest absolute Gasteiger partial charge is 0.382 e. The second-order valence-corrected chi connectivity index (χ2v) is 14.1. The average molecular weight is 828 g/mol. The van der Waals surface area contributed by atoms with Crippen LogP contribution in [0, 0.1) is 11.6 Å². The first-order valence-corrected chi connectivity index (χ1v) is 18.8. The van der Waals surface area contributed by atoms with E-state index < -0.39 is 64.6 Å². The first-order valence-electron chi connectivity index (χ1n) is 18.8. The molecule has 0 radical (unpaired) electrons. The van der Waals surface area contributed by atoms with Crippen LogP contribution in [-0.2, 0) is 35.2 Å². The van der Waals surface area contributed by atoms with Crippen molar-refractivity contribution in [1.82, 2.24) is 25.8 Å². The van der Waals surface area contributed by atoms with Crippen molar-refractivity contribution in [3.8, 4) is 0 Å². The number of fused-ring (bicyclic) bond motifs is 2. The maximum absolute atomic E-state index is 13.5. The number of nitrogens with one attached hydrogen (secondary N) is 5. The van der Waals surface area contributed by atoms with Crippen molar-refractivity contribution in [3.63, 3.8) is 0 Å². The first-order chi connectivity index (χ1) is 28.3. The zero-order valence-corrected chi connectivity index (χ0v) is 31.4. The van der Waals surface area contributed by atoms with Crippen LogP contribution >= 0.6 is 0 Å². The van der Waals surface area contributed by atoms with Crippen LogP contribution in [0.1, 0.15) is 64.6 Å². The fourth-order valence-corrected chi connectivity index (χ4v) is 7.19. The average Bonchev–Trinajstić information content (AvgIpc) is 3.85. The Morgan fingerprint density at radius 1 is 0.898 bits per heavy atom. The monoisotopic (exact) mass is 827 g/mol. The van der Waals surface area contributed by atoms with Crippen molar-refractivity contribution >= 4 is 63.6 Å². The first kappa shape index (κ1) is 40.6. The van der Waals surface area contributed by atoms with Gasteiger partial charge in [-0.05, 0) is 60.5 Å². The molecule has 0 spiro atoms. The number of benzene rings is 3. The van der Waals surface area contributed by atoms with Crippen LogP contribution in [-0.4, -0.2) is 114 Å². The molecule has 0 saturated carbocycles. The predicted octanol–water partition coefficient (Wildman–Crippen LogP) is 2.98. The molecule has 7 rings (SSSR count). The van der Waals surface area contributed by atoms with Crippen molar-refractivity contribution in [3.05, 3.63) is 94.7 Å². The van der Waals surface area contributed by atoms with Crippen LogP contribution in [0.25, 0.3) is 10.9 Å². The number of carbonyl (C=O) groups is 7. The summed E-state index contributed by atoms with van der Waals surface area (Å²) in [5.74, 6) is -6.23.